The third-order valence-electron chi connectivity index (χ3n) is 3.48. The van der Waals surface area contributed by atoms with E-state index in [1.54, 1.807) is 11.0 Å². The normalized spacial score (nSPS) is 25.8. The molecule has 0 bridgehead atoms. The second-order valence-electron chi connectivity index (χ2n) is 4.74. The van der Waals surface area contributed by atoms with Crippen molar-refractivity contribution in [3.05, 3.63) is 27.7 Å². The van der Waals surface area contributed by atoms with Gasteiger partial charge in [-0.15, -0.1) is 0 Å². The van der Waals surface area contributed by atoms with E-state index in [4.69, 9.17) is 23.2 Å². The van der Waals surface area contributed by atoms with Crippen molar-refractivity contribution < 1.29 is 9.59 Å². The molecule has 0 radical (unpaired) electrons. The first kappa shape index (κ1) is 11.8. The maximum absolute atomic E-state index is 12.1. The van der Waals surface area contributed by atoms with E-state index >= 15 is 0 Å². The Morgan fingerprint density at radius 2 is 1.94 bits per heavy atom. The molecular weight excluding hydrogens is 275 g/mol. The molecule has 1 aromatic carbocycles. The number of amides is 2. The molecule has 2 amide bonds. The first-order valence-corrected chi connectivity index (χ1v) is 6.32. The van der Waals surface area contributed by atoms with Crippen LogP contribution in [0.4, 0.5) is 5.69 Å². The van der Waals surface area contributed by atoms with Crippen LogP contribution in [0.5, 0.6) is 0 Å². The van der Waals surface area contributed by atoms with Gasteiger partial charge in [-0.3, -0.25) is 14.5 Å². The molecule has 1 unspecified atom stereocenters. The highest BCUT2D eigenvalue weighted by Gasteiger charge is 2.48. The predicted molar refractivity (Wildman–Crippen MR) is 69.1 cm³/mol. The number of fused-ring (bicyclic) bond motifs is 3. The lowest BCUT2D eigenvalue weighted by Crippen LogP contribution is -2.60. The number of carbonyl (C=O) groups excluding carboxylic acids is 2. The third kappa shape index (κ3) is 1.45. The number of rotatable bonds is 0. The topological polar surface area (TPSA) is 49.4 Å². The van der Waals surface area contributed by atoms with Crippen LogP contribution in [0.2, 0.25) is 10.0 Å². The fraction of sp³-hybridized carbons (Fsp3) is 0.333. The summed E-state index contributed by atoms with van der Waals surface area (Å²) in [7, 11) is 0. The van der Waals surface area contributed by atoms with Crippen LogP contribution in [0, 0.1) is 0 Å². The fourth-order valence-electron chi connectivity index (χ4n) is 2.58. The number of nitrogens with one attached hydrogen (secondary N) is 1. The third-order valence-corrected chi connectivity index (χ3v) is 4.20. The van der Waals surface area contributed by atoms with E-state index in [2.05, 4.69) is 5.32 Å². The van der Waals surface area contributed by atoms with Crippen molar-refractivity contribution in [2.45, 2.75) is 25.4 Å². The molecule has 0 aromatic heterocycles. The van der Waals surface area contributed by atoms with Gasteiger partial charge in [0.25, 0.3) is 5.91 Å². The van der Waals surface area contributed by atoms with Gasteiger partial charge in [-0.05, 0) is 25.5 Å². The number of anilines is 1. The maximum atomic E-state index is 12.1. The van der Waals surface area contributed by atoms with Gasteiger partial charge in [-0.25, -0.2) is 0 Å². The number of hydrogen-bond donors (Lipinski definition) is 1. The Morgan fingerprint density at radius 3 is 2.67 bits per heavy atom. The van der Waals surface area contributed by atoms with Crippen LogP contribution in [0.25, 0.3) is 0 Å². The minimum Gasteiger partial charge on any atom is -0.329 e. The Bertz CT molecular complexity index is 588. The number of hydrogen-bond acceptors (Lipinski definition) is 2. The lowest BCUT2D eigenvalue weighted by Gasteiger charge is -2.41. The summed E-state index contributed by atoms with van der Waals surface area (Å²) in [6.07, 6.45) is 1.01. The highest BCUT2D eigenvalue weighted by atomic mass is 35.5. The standard InChI is InChI=1S/C12H10Cl2N2O2/c1-12-3-2-10(17)16(12)9-5-8(14)7(13)4-6(9)11(18)15-12/h4-5H,2-3H2,1H3,(H,15,18). The van der Waals surface area contributed by atoms with Gasteiger partial charge in [0, 0.05) is 6.42 Å². The molecule has 2 heterocycles. The summed E-state index contributed by atoms with van der Waals surface area (Å²) in [4.78, 5) is 25.6. The first-order valence-electron chi connectivity index (χ1n) is 5.57. The van der Waals surface area contributed by atoms with Crippen LogP contribution >= 0.6 is 23.2 Å². The quantitative estimate of drug-likeness (QED) is 0.796. The average Bonchev–Trinajstić information content (AvgIpc) is 2.58. The van der Waals surface area contributed by atoms with Gasteiger partial charge in [0.15, 0.2) is 0 Å². The molecule has 1 aromatic rings. The van der Waals surface area contributed by atoms with Crippen molar-refractivity contribution in [2.24, 2.45) is 0 Å². The van der Waals surface area contributed by atoms with Gasteiger partial charge < -0.3 is 5.32 Å². The van der Waals surface area contributed by atoms with Crippen LogP contribution in [0.15, 0.2) is 12.1 Å². The molecule has 94 valence electrons. The summed E-state index contributed by atoms with van der Waals surface area (Å²) in [6, 6.07) is 3.08. The zero-order valence-corrected chi connectivity index (χ0v) is 11.1. The van der Waals surface area contributed by atoms with Crippen molar-refractivity contribution in [1.82, 2.24) is 5.32 Å². The van der Waals surface area contributed by atoms with Crippen LogP contribution in [-0.4, -0.2) is 17.5 Å². The summed E-state index contributed by atoms with van der Waals surface area (Å²) in [5, 5.41) is 3.50. The zero-order valence-electron chi connectivity index (χ0n) is 9.59. The Hall–Kier alpha value is -1.26. The van der Waals surface area contributed by atoms with Gasteiger partial charge in [-0.2, -0.15) is 0 Å². The summed E-state index contributed by atoms with van der Waals surface area (Å²) in [6.45, 7) is 1.83. The SMILES string of the molecule is CC12CCC(=O)N1c1cc(Cl)c(Cl)cc1C(=O)N2. The molecule has 0 aliphatic carbocycles. The Balaban J connectivity index is 2.26. The molecular formula is C12H10Cl2N2O2. The predicted octanol–water partition coefficient (Wildman–Crippen LogP) is 2.58. The lowest BCUT2D eigenvalue weighted by atomic mass is 10.0. The molecule has 3 rings (SSSR count). The van der Waals surface area contributed by atoms with Gasteiger partial charge >= 0.3 is 0 Å². The first-order chi connectivity index (χ1) is 8.42. The molecule has 2 aliphatic heterocycles. The number of benzene rings is 1. The summed E-state index contributed by atoms with van der Waals surface area (Å²) < 4.78 is 0. The number of halogens is 2. The van der Waals surface area contributed by atoms with E-state index in [-0.39, 0.29) is 11.8 Å². The van der Waals surface area contributed by atoms with Gasteiger partial charge in [0.1, 0.15) is 5.66 Å². The second-order valence-corrected chi connectivity index (χ2v) is 5.55. The largest absolute Gasteiger partial charge is 0.329 e. The van der Waals surface area contributed by atoms with Crippen LogP contribution in [-0.2, 0) is 4.79 Å². The molecule has 1 N–H and O–H groups in total. The Kier molecular flexibility index (Phi) is 2.37. The van der Waals surface area contributed by atoms with Crippen LogP contribution < -0.4 is 10.2 Å². The van der Waals surface area contributed by atoms with Crippen molar-refractivity contribution in [3.63, 3.8) is 0 Å². The van der Waals surface area contributed by atoms with E-state index in [1.807, 2.05) is 6.92 Å². The Labute approximate surface area is 114 Å². The molecule has 4 nitrogen and oxygen atoms in total. The molecule has 1 saturated heterocycles. The van der Waals surface area contributed by atoms with Crippen LogP contribution in [0.3, 0.4) is 0 Å². The molecule has 6 heteroatoms. The van der Waals surface area contributed by atoms with E-state index in [0.717, 1.165) is 0 Å². The zero-order chi connectivity index (χ0) is 13.1. The number of carbonyl (C=O) groups is 2. The minimum atomic E-state index is -0.654. The van der Waals surface area contributed by atoms with E-state index in [9.17, 15) is 9.59 Å². The van der Waals surface area contributed by atoms with Crippen molar-refractivity contribution in [2.75, 3.05) is 4.90 Å². The van der Waals surface area contributed by atoms with Crippen LogP contribution in [0.1, 0.15) is 30.1 Å². The molecule has 0 spiro atoms. The van der Waals surface area contributed by atoms with Gasteiger partial charge in [0.2, 0.25) is 5.91 Å². The fourth-order valence-corrected chi connectivity index (χ4v) is 2.90. The highest BCUT2D eigenvalue weighted by molar-refractivity contribution is 6.42. The molecule has 1 fully saturated rings. The van der Waals surface area contributed by atoms with E-state index in [0.29, 0.717) is 34.1 Å². The van der Waals surface area contributed by atoms with Gasteiger partial charge in [-0.1, -0.05) is 23.2 Å². The minimum absolute atomic E-state index is 0.0165. The monoisotopic (exact) mass is 284 g/mol. The summed E-state index contributed by atoms with van der Waals surface area (Å²) in [5.74, 6) is -0.242. The smallest absolute Gasteiger partial charge is 0.255 e. The van der Waals surface area contributed by atoms with E-state index < -0.39 is 5.66 Å². The van der Waals surface area contributed by atoms with Crippen molar-refractivity contribution >= 4 is 40.7 Å². The summed E-state index contributed by atoms with van der Waals surface area (Å²) >= 11 is 11.9. The van der Waals surface area contributed by atoms with Gasteiger partial charge in [0.05, 0.1) is 21.3 Å². The molecule has 0 saturated carbocycles. The average molecular weight is 285 g/mol. The number of nitrogens with zero attached hydrogens (tertiary/aromatic N) is 1. The highest BCUT2D eigenvalue weighted by Crippen LogP contribution is 2.41. The maximum Gasteiger partial charge on any atom is 0.255 e. The van der Waals surface area contributed by atoms with Crippen molar-refractivity contribution in [1.29, 1.82) is 0 Å². The molecule has 2 aliphatic rings. The molecule has 18 heavy (non-hydrogen) atoms. The lowest BCUT2D eigenvalue weighted by molar-refractivity contribution is -0.117. The van der Waals surface area contributed by atoms with Crippen molar-refractivity contribution in [3.8, 4) is 0 Å². The second kappa shape index (κ2) is 3.62. The summed E-state index contributed by atoms with van der Waals surface area (Å²) in [5.41, 5.74) is 0.272. The Morgan fingerprint density at radius 1 is 1.28 bits per heavy atom. The molecule has 1 atom stereocenters. The van der Waals surface area contributed by atoms with E-state index in [1.165, 1.54) is 6.07 Å².